The van der Waals surface area contributed by atoms with Crippen LogP contribution in [0.3, 0.4) is 0 Å². The Bertz CT molecular complexity index is 985. The Morgan fingerprint density at radius 1 is 1.12 bits per heavy atom. The molecule has 6 heteroatoms. The minimum atomic E-state index is -0.722. The first-order valence-corrected chi connectivity index (χ1v) is 8.21. The summed E-state index contributed by atoms with van der Waals surface area (Å²) in [6, 6.07) is 12.4. The lowest BCUT2D eigenvalue weighted by molar-refractivity contribution is 0.298. The molecule has 134 valence electrons. The lowest BCUT2D eigenvalue weighted by atomic mass is 10.1. The van der Waals surface area contributed by atoms with E-state index in [0.29, 0.717) is 22.6 Å². The minimum Gasteiger partial charge on any atom is -0.396 e. The standard InChI is InChI=1S/C20H18F2N2O2/c1-13-17(9-10-25)20(26)24(12-15-7-8-16(21)11-18(15)22)19(23-13)14-5-3-2-4-6-14/h2-8,11,25H,9-10,12H2,1H3. The topological polar surface area (TPSA) is 55.1 Å². The Morgan fingerprint density at radius 2 is 1.85 bits per heavy atom. The summed E-state index contributed by atoms with van der Waals surface area (Å²) in [6.45, 7) is 1.44. The summed E-state index contributed by atoms with van der Waals surface area (Å²) in [7, 11) is 0. The third-order valence-corrected chi connectivity index (χ3v) is 4.21. The van der Waals surface area contributed by atoms with Crippen LogP contribution in [0.25, 0.3) is 11.4 Å². The molecule has 3 rings (SSSR count). The maximum atomic E-state index is 14.1. The fraction of sp³-hybridized carbons (Fsp3) is 0.200. The molecule has 2 aromatic carbocycles. The highest BCUT2D eigenvalue weighted by molar-refractivity contribution is 5.56. The monoisotopic (exact) mass is 356 g/mol. The van der Waals surface area contributed by atoms with Gasteiger partial charge in [0.1, 0.15) is 17.5 Å². The van der Waals surface area contributed by atoms with Crippen LogP contribution in [0, 0.1) is 18.6 Å². The Kier molecular flexibility index (Phi) is 5.23. The number of hydrogen-bond acceptors (Lipinski definition) is 3. The summed E-state index contributed by atoms with van der Waals surface area (Å²) in [4.78, 5) is 17.5. The number of benzene rings is 2. The molecule has 26 heavy (non-hydrogen) atoms. The number of aryl methyl sites for hydroxylation is 1. The third kappa shape index (κ3) is 3.55. The highest BCUT2D eigenvalue weighted by Crippen LogP contribution is 2.19. The molecule has 1 aromatic heterocycles. The first-order valence-electron chi connectivity index (χ1n) is 8.21. The van der Waals surface area contributed by atoms with Crippen molar-refractivity contribution in [1.29, 1.82) is 0 Å². The van der Waals surface area contributed by atoms with Crippen LogP contribution in [0.15, 0.2) is 53.3 Å². The molecule has 0 atom stereocenters. The van der Waals surface area contributed by atoms with Crippen molar-refractivity contribution in [2.75, 3.05) is 6.61 Å². The number of aromatic nitrogens is 2. The number of nitrogens with zero attached hydrogens (tertiary/aromatic N) is 2. The van der Waals surface area contributed by atoms with E-state index >= 15 is 0 Å². The van der Waals surface area contributed by atoms with Gasteiger partial charge >= 0.3 is 0 Å². The second kappa shape index (κ2) is 7.58. The summed E-state index contributed by atoms with van der Waals surface area (Å²) in [5, 5.41) is 9.23. The minimum absolute atomic E-state index is 0.0825. The molecule has 3 aromatic rings. The Morgan fingerprint density at radius 3 is 2.50 bits per heavy atom. The van der Waals surface area contributed by atoms with Crippen LogP contribution < -0.4 is 5.56 Å². The number of aliphatic hydroxyl groups is 1. The summed E-state index contributed by atoms with van der Waals surface area (Å²) in [5.74, 6) is -0.997. The molecule has 0 radical (unpaired) electrons. The molecule has 0 aliphatic rings. The average Bonchev–Trinajstić information content (AvgIpc) is 2.63. The lowest BCUT2D eigenvalue weighted by Gasteiger charge is -2.16. The van der Waals surface area contributed by atoms with E-state index in [2.05, 4.69) is 4.98 Å². The van der Waals surface area contributed by atoms with Gasteiger partial charge in [-0.25, -0.2) is 13.8 Å². The first-order chi connectivity index (χ1) is 12.5. The second-order valence-electron chi connectivity index (χ2n) is 5.97. The van der Waals surface area contributed by atoms with Crippen molar-refractivity contribution in [3.05, 3.63) is 87.3 Å². The molecule has 0 saturated carbocycles. The van der Waals surface area contributed by atoms with Crippen molar-refractivity contribution in [1.82, 2.24) is 9.55 Å². The van der Waals surface area contributed by atoms with E-state index < -0.39 is 11.6 Å². The second-order valence-corrected chi connectivity index (χ2v) is 5.97. The van der Waals surface area contributed by atoms with E-state index in [-0.39, 0.29) is 30.7 Å². The van der Waals surface area contributed by atoms with Crippen molar-refractivity contribution in [3.8, 4) is 11.4 Å². The third-order valence-electron chi connectivity index (χ3n) is 4.21. The van der Waals surface area contributed by atoms with E-state index in [1.54, 1.807) is 6.92 Å². The number of hydrogen-bond donors (Lipinski definition) is 1. The Labute approximate surface area is 149 Å². The maximum absolute atomic E-state index is 14.1. The zero-order valence-corrected chi connectivity index (χ0v) is 14.2. The van der Waals surface area contributed by atoms with Gasteiger partial charge in [-0.15, -0.1) is 0 Å². The van der Waals surface area contributed by atoms with Crippen LogP contribution >= 0.6 is 0 Å². The van der Waals surface area contributed by atoms with E-state index in [9.17, 15) is 18.7 Å². The molecule has 0 saturated heterocycles. The van der Waals surface area contributed by atoms with Crippen molar-refractivity contribution < 1.29 is 13.9 Å². The van der Waals surface area contributed by atoms with Gasteiger partial charge in [-0.3, -0.25) is 9.36 Å². The summed E-state index contributed by atoms with van der Waals surface area (Å²) in [5.41, 5.74) is 1.47. The molecule has 0 fully saturated rings. The van der Waals surface area contributed by atoms with E-state index in [4.69, 9.17) is 0 Å². The number of aliphatic hydroxyl groups excluding tert-OH is 1. The maximum Gasteiger partial charge on any atom is 0.257 e. The summed E-state index contributed by atoms with van der Waals surface area (Å²) in [6.07, 6.45) is 0.165. The molecular formula is C20H18F2N2O2. The molecule has 0 bridgehead atoms. The molecule has 4 nitrogen and oxygen atoms in total. The van der Waals surface area contributed by atoms with Crippen LogP contribution in [-0.4, -0.2) is 21.3 Å². The highest BCUT2D eigenvalue weighted by atomic mass is 19.1. The predicted molar refractivity (Wildman–Crippen MR) is 94.9 cm³/mol. The molecule has 0 spiro atoms. The van der Waals surface area contributed by atoms with Crippen molar-refractivity contribution in [3.63, 3.8) is 0 Å². The van der Waals surface area contributed by atoms with Gasteiger partial charge in [0.2, 0.25) is 0 Å². The highest BCUT2D eigenvalue weighted by Gasteiger charge is 2.17. The van der Waals surface area contributed by atoms with Crippen LogP contribution in [0.1, 0.15) is 16.8 Å². The smallest absolute Gasteiger partial charge is 0.257 e. The van der Waals surface area contributed by atoms with Gasteiger partial charge in [0, 0.05) is 41.5 Å². The zero-order chi connectivity index (χ0) is 18.7. The van der Waals surface area contributed by atoms with Gasteiger partial charge in [0.25, 0.3) is 5.56 Å². The van der Waals surface area contributed by atoms with Gasteiger partial charge in [0.05, 0.1) is 6.54 Å². The molecule has 0 amide bonds. The van der Waals surface area contributed by atoms with Crippen LogP contribution in [0.5, 0.6) is 0 Å². The molecule has 0 unspecified atom stereocenters. The predicted octanol–water partition coefficient (Wildman–Crippen LogP) is 3.08. The fourth-order valence-corrected chi connectivity index (χ4v) is 2.87. The van der Waals surface area contributed by atoms with E-state index in [0.717, 1.165) is 12.1 Å². The van der Waals surface area contributed by atoms with Crippen LogP contribution in [0.2, 0.25) is 0 Å². The largest absolute Gasteiger partial charge is 0.396 e. The lowest BCUT2D eigenvalue weighted by Crippen LogP contribution is -2.29. The average molecular weight is 356 g/mol. The Hall–Kier alpha value is -2.86. The quantitative estimate of drug-likeness (QED) is 0.764. The van der Waals surface area contributed by atoms with Gasteiger partial charge < -0.3 is 5.11 Å². The number of rotatable bonds is 5. The molecule has 1 N–H and O–H groups in total. The van der Waals surface area contributed by atoms with Crippen molar-refractivity contribution >= 4 is 0 Å². The van der Waals surface area contributed by atoms with E-state index in [1.807, 2.05) is 30.3 Å². The first kappa shape index (κ1) is 17.9. The van der Waals surface area contributed by atoms with Crippen molar-refractivity contribution in [2.24, 2.45) is 0 Å². The molecule has 0 aliphatic heterocycles. The van der Waals surface area contributed by atoms with Crippen molar-refractivity contribution in [2.45, 2.75) is 19.9 Å². The van der Waals surface area contributed by atoms with Gasteiger partial charge in [0.15, 0.2) is 0 Å². The zero-order valence-electron chi connectivity index (χ0n) is 14.2. The van der Waals surface area contributed by atoms with Crippen LogP contribution in [-0.2, 0) is 13.0 Å². The SMILES string of the molecule is Cc1nc(-c2ccccc2)n(Cc2ccc(F)cc2F)c(=O)c1CCO. The summed E-state index contributed by atoms with van der Waals surface area (Å²) >= 11 is 0. The van der Waals surface area contributed by atoms with Gasteiger partial charge in [-0.2, -0.15) is 0 Å². The Balaban J connectivity index is 2.20. The summed E-state index contributed by atoms with van der Waals surface area (Å²) < 4.78 is 28.7. The molecule has 1 heterocycles. The van der Waals surface area contributed by atoms with Gasteiger partial charge in [-0.1, -0.05) is 36.4 Å². The normalized spacial score (nSPS) is 10.9. The molecular weight excluding hydrogens is 338 g/mol. The number of halogens is 2. The van der Waals surface area contributed by atoms with E-state index in [1.165, 1.54) is 10.6 Å². The van der Waals surface area contributed by atoms with Gasteiger partial charge in [-0.05, 0) is 13.0 Å². The molecule has 0 aliphatic carbocycles. The van der Waals surface area contributed by atoms with Crippen LogP contribution in [0.4, 0.5) is 8.78 Å². The fourth-order valence-electron chi connectivity index (χ4n) is 2.87.